The molecule has 0 radical (unpaired) electrons. The Balaban J connectivity index is 1.74. The molecule has 2 aromatic carbocycles. The number of benzene rings is 2. The molecule has 0 heterocycles. The molecular weight excluding hydrogens is 288 g/mol. The molecule has 2 atom stereocenters. The van der Waals surface area contributed by atoms with E-state index in [0.29, 0.717) is 18.2 Å². The summed E-state index contributed by atoms with van der Waals surface area (Å²) in [5, 5.41) is 13.5. The Hall–Kier alpha value is -2.17. The first kappa shape index (κ1) is 17.2. The van der Waals surface area contributed by atoms with E-state index in [1.807, 2.05) is 42.5 Å². The van der Waals surface area contributed by atoms with Gasteiger partial charge in [-0.05, 0) is 43.0 Å². The fraction of sp³-hybridized carbons (Fsp3) is 0.316. The summed E-state index contributed by atoms with van der Waals surface area (Å²) in [5.74, 6) is -0.401. The number of aliphatic hydroxyl groups is 1. The molecule has 2 aromatic rings. The number of rotatable bonds is 8. The minimum absolute atomic E-state index is 0.296. The van der Waals surface area contributed by atoms with Gasteiger partial charge in [0.05, 0.1) is 6.10 Å². The van der Waals surface area contributed by atoms with Crippen molar-refractivity contribution in [2.75, 3.05) is 6.54 Å². The Morgan fingerprint density at radius 1 is 1.13 bits per heavy atom. The van der Waals surface area contributed by atoms with Crippen molar-refractivity contribution < 1.29 is 9.90 Å². The van der Waals surface area contributed by atoms with Crippen LogP contribution in [0.3, 0.4) is 0 Å². The third kappa shape index (κ3) is 5.51. The van der Waals surface area contributed by atoms with Crippen LogP contribution in [0.4, 0.5) is 0 Å². The second kappa shape index (κ2) is 8.46. The summed E-state index contributed by atoms with van der Waals surface area (Å²) in [6.07, 6.45) is 1.38. The number of nitrogens with one attached hydrogen (secondary N) is 1. The third-order valence-corrected chi connectivity index (χ3v) is 3.95. The second-order valence-corrected chi connectivity index (χ2v) is 5.84. The molecule has 0 aliphatic carbocycles. The normalized spacial score (nSPS) is 13.5. The molecule has 4 N–H and O–H groups in total. The molecule has 0 saturated heterocycles. The van der Waals surface area contributed by atoms with Gasteiger partial charge in [0.25, 0.3) is 0 Å². The number of hydrogen-bond acceptors (Lipinski definition) is 3. The van der Waals surface area contributed by atoms with Crippen LogP contribution in [0.5, 0.6) is 0 Å². The standard InChI is InChI=1S/C19H24N2O2/c1-14(21-13-18(22)16-5-3-2-4-6-16)7-8-15-9-11-17(12-10-15)19(20)23/h2-6,9-12,14,18,21-22H,7-8,13H2,1H3,(H2,20,23)/t14?,18-/m1/s1. The monoisotopic (exact) mass is 312 g/mol. The molecule has 4 nitrogen and oxygen atoms in total. The van der Waals surface area contributed by atoms with Gasteiger partial charge in [0.2, 0.25) is 5.91 Å². The van der Waals surface area contributed by atoms with E-state index in [0.717, 1.165) is 18.4 Å². The number of amides is 1. The molecule has 122 valence electrons. The molecule has 0 aliphatic heterocycles. The second-order valence-electron chi connectivity index (χ2n) is 5.84. The maximum Gasteiger partial charge on any atom is 0.248 e. The van der Waals surface area contributed by atoms with Crippen molar-refractivity contribution in [3.63, 3.8) is 0 Å². The molecule has 0 bridgehead atoms. The number of carbonyl (C=O) groups is 1. The zero-order valence-corrected chi connectivity index (χ0v) is 13.4. The fourth-order valence-corrected chi connectivity index (χ4v) is 2.43. The molecule has 0 fully saturated rings. The highest BCUT2D eigenvalue weighted by Gasteiger charge is 2.09. The van der Waals surface area contributed by atoms with Crippen LogP contribution in [0.25, 0.3) is 0 Å². The quantitative estimate of drug-likeness (QED) is 0.701. The van der Waals surface area contributed by atoms with E-state index in [4.69, 9.17) is 5.73 Å². The van der Waals surface area contributed by atoms with Crippen LogP contribution in [-0.2, 0) is 6.42 Å². The van der Waals surface area contributed by atoms with Gasteiger partial charge in [-0.25, -0.2) is 0 Å². The van der Waals surface area contributed by atoms with Gasteiger partial charge in [-0.15, -0.1) is 0 Å². The Morgan fingerprint density at radius 2 is 1.78 bits per heavy atom. The van der Waals surface area contributed by atoms with Crippen molar-refractivity contribution in [2.45, 2.75) is 31.9 Å². The predicted molar refractivity (Wildman–Crippen MR) is 92.1 cm³/mol. The summed E-state index contributed by atoms with van der Waals surface area (Å²) in [6.45, 7) is 2.64. The molecule has 4 heteroatoms. The van der Waals surface area contributed by atoms with Crippen LogP contribution in [0.15, 0.2) is 54.6 Å². The summed E-state index contributed by atoms with van der Waals surface area (Å²) in [6, 6.07) is 17.3. The van der Waals surface area contributed by atoms with Crippen molar-refractivity contribution in [2.24, 2.45) is 5.73 Å². The highest BCUT2D eigenvalue weighted by molar-refractivity contribution is 5.92. The molecule has 0 spiro atoms. The SMILES string of the molecule is CC(CCc1ccc(C(N)=O)cc1)NC[C@@H](O)c1ccccc1. The van der Waals surface area contributed by atoms with E-state index in [1.54, 1.807) is 12.1 Å². The lowest BCUT2D eigenvalue weighted by molar-refractivity contribution is 0.100. The molecule has 0 aromatic heterocycles. The largest absolute Gasteiger partial charge is 0.387 e. The van der Waals surface area contributed by atoms with Gasteiger partial charge >= 0.3 is 0 Å². The molecule has 0 saturated carbocycles. The lowest BCUT2D eigenvalue weighted by Crippen LogP contribution is -2.30. The fourth-order valence-electron chi connectivity index (χ4n) is 2.43. The lowest BCUT2D eigenvalue weighted by Gasteiger charge is -2.17. The van der Waals surface area contributed by atoms with Gasteiger partial charge in [0, 0.05) is 18.2 Å². The van der Waals surface area contributed by atoms with Crippen LogP contribution in [0.1, 0.15) is 40.9 Å². The van der Waals surface area contributed by atoms with Crippen molar-refractivity contribution in [3.8, 4) is 0 Å². The molecule has 0 aliphatic rings. The highest BCUT2D eigenvalue weighted by atomic mass is 16.3. The van der Waals surface area contributed by atoms with E-state index in [9.17, 15) is 9.90 Å². The van der Waals surface area contributed by atoms with Crippen molar-refractivity contribution >= 4 is 5.91 Å². The van der Waals surface area contributed by atoms with Gasteiger partial charge in [-0.3, -0.25) is 4.79 Å². The van der Waals surface area contributed by atoms with E-state index in [2.05, 4.69) is 12.2 Å². The average Bonchev–Trinajstić information content (AvgIpc) is 2.59. The van der Waals surface area contributed by atoms with Gasteiger partial charge in [-0.2, -0.15) is 0 Å². The van der Waals surface area contributed by atoms with Crippen LogP contribution >= 0.6 is 0 Å². The molecule has 23 heavy (non-hydrogen) atoms. The van der Waals surface area contributed by atoms with Crippen molar-refractivity contribution in [3.05, 3.63) is 71.3 Å². The van der Waals surface area contributed by atoms with Crippen LogP contribution in [0.2, 0.25) is 0 Å². The number of aliphatic hydroxyl groups excluding tert-OH is 1. The lowest BCUT2D eigenvalue weighted by atomic mass is 10.0. The zero-order chi connectivity index (χ0) is 16.7. The number of hydrogen-bond donors (Lipinski definition) is 3. The Kier molecular flexibility index (Phi) is 6.32. The number of aryl methyl sites for hydroxylation is 1. The van der Waals surface area contributed by atoms with Crippen LogP contribution < -0.4 is 11.1 Å². The Labute approximate surface area is 137 Å². The Bertz CT molecular complexity index is 611. The Morgan fingerprint density at radius 3 is 2.39 bits per heavy atom. The van der Waals surface area contributed by atoms with Gasteiger partial charge < -0.3 is 16.2 Å². The van der Waals surface area contributed by atoms with Crippen LogP contribution in [0, 0.1) is 0 Å². The van der Waals surface area contributed by atoms with E-state index in [-0.39, 0.29) is 0 Å². The molecule has 1 amide bonds. The molecule has 2 rings (SSSR count). The predicted octanol–water partition coefficient (Wildman–Crippen LogP) is 2.43. The minimum atomic E-state index is -0.492. The number of nitrogens with two attached hydrogens (primary N) is 1. The summed E-state index contributed by atoms with van der Waals surface area (Å²) >= 11 is 0. The van der Waals surface area contributed by atoms with Gasteiger partial charge in [-0.1, -0.05) is 42.5 Å². The van der Waals surface area contributed by atoms with E-state index in [1.165, 1.54) is 5.56 Å². The molecule has 1 unspecified atom stereocenters. The smallest absolute Gasteiger partial charge is 0.248 e. The summed E-state index contributed by atoms with van der Waals surface area (Å²) in [5.41, 5.74) is 7.86. The van der Waals surface area contributed by atoms with Crippen molar-refractivity contribution in [1.29, 1.82) is 0 Å². The van der Waals surface area contributed by atoms with Crippen LogP contribution in [-0.4, -0.2) is 23.6 Å². The van der Waals surface area contributed by atoms with Crippen molar-refractivity contribution in [1.82, 2.24) is 5.32 Å². The van der Waals surface area contributed by atoms with Gasteiger partial charge in [0.15, 0.2) is 0 Å². The zero-order valence-electron chi connectivity index (χ0n) is 13.4. The topological polar surface area (TPSA) is 75.4 Å². The summed E-state index contributed by atoms with van der Waals surface area (Å²) in [7, 11) is 0. The third-order valence-electron chi connectivity index (χ3n) is 3.95. The van der Waals surface area contributed by atoms with E-state index >= 15 is 0 Å². The average molecular weight is 312 g/mol. The number of primary amides is 1. The highest BCUT2D eigenvalue weighted by Crippen LogP contribution is 2.12. The minimum Gasteiger partial charge on any atom is -0.387 e. The summed E-state index contributed by atoms with van der Waals surface area (Å²) in [4.78, 5) is 11.0. The first-order valence-electron chi connectivity index (χ1n) is 7.91. The first-order valence-corrected chi connectivity index (χ1v) is 7.91. The molecular formula is C19H24N2O2. The maximum absolute atomic E-state index is 11.0. The number of carbonyl (C=O) groups excluding carboxylic acids is 1. The summed E-state index contributed by atoms with van der Waals surface area (Å²) < 4.78 is 0. The maximum atomic E-state index is 11.0. The van der Waals surface area contributed by atoms with E-state index < -0.39 is 12.0 Å². The van der Waals surface area contributed by atoms with Gasteiger partial charge in [0.1, 0.15) is 0 Å². The first-order chi connectivity index (χ1) is 11.1.